The van der Waals surface area contributed by atoms with Crippen molar-refractivity contribution in [2.45, 2.75) is 6.10 Å². The maximum absolute atomic E-state index is 12.4. The number of fused-ring (bicyclic) bond motifs is 1. The van der Waals surface area contributed by atoms with Crippen molar-refractivity contribution in [2.24, 2.45) is 0 Å². The predicted octanol–water partition coefficient (Wildman–Crippen LogP) is 2.26. The zero-order valence-electron chi connectivity index (χ0n) is 11.7. The van der Waals surface area contributed by atoms with Crippen LogP contribution < -0.4 is 9.64 Å². The average molecular weight is 295 g/mol. The minimum atomic E-state index is -0.290. The molecule has 2 aliphatic rings. The van der Waals surface area contributed by atoms with E-state index in [2.05, 4.69) is 0 Å². The van der Waals surface area contributed by atoms with Gasteiger partial charge in [-0.1, -0.05) is 12.1 Å². The molecule has 110 valence electrons. The van der Waals surface area contributed by atoms with Crippen LogP contribution in [0.1, 0.15) is 20.7 Å². The first kappa shape index (κ1) is 13.0. The van der Waals surface area contributed by atoms with Gasteiger partial charge < -0.3 is 9.47 Å². The van der Waals surface area contributed by atoms with Gasteiger partial charge in [-0.2, -0.15) is 0 Å². The van der Waals surface area contributed by atoms with Gasteiger partial charge in [0.2, 0.25) is 0 Å². The molecule has 5 heteroatoms. The lowest BCUT2D eigenvalue weighted by Gasteiger charge is -2.26. The van der Waals surface area contributed by atoms with E-state index in [4.69, 9.17) is 9.47 Å². The number of nitrogens with zero attached hydrogens (tertiary/aromatic N) is 1. The number of ether oxygens (including phenoxy) is 2. The average Bonchev–Trinajstić information content (AvgIpc) is 2.76. The predicted molar refractivity (Wildman–Crippen MR) is 79.3 cm³/mol. The Kier molecular flexibility index (Phi) is 2.94. The Bertz CT molecular complexity index is 715. The van der Waals surface area contributed by atoms with Gasteiger partial charge in [-0.15, -0.1) is 0 Å². The molecule has 0 saturated carbocycles. The Hall–Kier alpha value is -2.66. The first-order valence-electron chi connectivity index (χ1n) is 7.06. The van der Waals surface area contributed by atoms with E-state index in [1.54, 1.807) is 48.5 Å². The minimum absolute atomic E-state index is 0.0881. The van der Waals surface area contributed by atoms with Crippen LogP contribution >= 0.6 is 0 Å². The molecule has 2 aliphatic heterocycles. The molecule has 0 bridgehead atoms. The maximum Gasteiger partial charge on any atom is 0.266 e. The van der Waals surface area contributed by atoms with E-state index in [-0.39, 0.29) is 17.9 Å². The van der Waals surface area contributed by atoms with Crippen LogP contribution in [0.4, 0.5) is 5.69 Å². The number of rotatable bonds is 3. The summed E-state index contributed by atoms with van der Waals surface area (Å²) in [6.07, 6.45) is 0.0881. The van der Waals surface area contributed by atoms with E-state index >= 15 is 0 Å². The van der Waals surface area contributed by atoms with Gasteiger partial charge in [0.15, 0.2) is 0 Å². The van der Waals surface area contributed by atoms with Crippen molar-refractivity contribution in [2.75, 3.05) is 18.1 Å². The van der Waals surface area contributed by atoms with Crippen LogP contribution in [0.5, 0.6) is 5.75 Å². The summed E-state index contributed by atoms with van der Waals surface area (Å²) >= 11 is 0. The second-order valence-electron chi connectivity index (χ2n) is 5.26. The highest BCUT2D eigenvalue weighted by molar-refractivity contribution is 6.34. The molecule has 0 N–H and O–H groups in total. The van der Waals surface area contributed by atoms with E-state index in [1.807, 2.05) is 0 Å². The van der Waals surface area contributed by atoms with E-state index < -0.39 is 0 Å². The number of imide groups is 1. The number of carbonyl (C=O) groups is 2. The highest BCUT2D eigenvalue weighted by Gasteiger charge is 2.36. The lowest BCUT2D eigenvalue weighted by atomic mass is 10.1. The van der Waals surface area contributed by atoms with E-state index in [1.165, 1.54) is 4.90 Å². The molecule has 0 spiro atoms. The Morgan fingerprint density at radius 2 is 1.50 bits per heavy atom. The maximum atomic E-state index is 12.4. The molecule has 0 atom stereocenters. The molecule has 0 aromatic heterocycles. The van der Waals surface area contributed by atoms with Crippen molar-refractivity contribution < 1.29 is 19.1 Å². The number of hydrogen-bond acceptors (Lipinski definition) is 4. The zero-order valence-corrected chi connectivity index (χ0v) is 11.7. The van der Waals surface area contributed by atoms with Crippen molar-refractivity contribution >= 4 is 17.5 Å². The van der Waals surface area contributed by atoms with Gasteiger partial charge in [-0.05, 0) is 36.4 Å². The van der Waals surface area contributed by atoms with Gasteiger partial charge in [0, 0.05) is 0 Å². The molecule has 0 unspecified atom stereocenters. The summed E-state index contributed by atoms with van der Waals surface area (Å²) in [4.78, 5) is 26.0. The third-order valence-corrected chi connectivity index (χ3v) is 3.80. The number of benzene rings is 2. The number of carbonyl (C=O) groups excluding carboxylic acids is 2. The number of amides is 2. The summed E-state index contributed by atoms with van der Waals surface area (Å²) in [5.41, 5.74) is 1.43. The molecular formula is C17H13NO4. The van der Waals surface area contributed by atoms with Gasteiger partial charge in [-0.3, -0.25) is 9.59 Å². The van der Waals surface area contributed by atoms with Crippen LogP contribution in [0.3, 0.4) is 0 Å². The second-order valence-corrected chi connectivity index (χ2v) is 5.26. The van der Waals surface area contributed by atoms with Crippen molar-refractivity contribution in [1.29, 1.82) is 0 Å². The van der Waals surface area contributed by atoms with E-state index in [0.29, 0.717) is 35.8 Å². The molecule has 4 rings (SSSR count). The van der Waals surface area contributed by atoms with Crippen molar-refractivity contribution in [3.05, 3.63) is 59.7 Å². The Labute approximate surface area is 127 Å². The third-order valence-electron chi connectivity index (χ3n) is 3.80. The summed E-state index contributed by atoms with van der Waals surface area (Å²) in [6.45, 7) is 1.19. The van der Waals surface area contributed by atoms with Crippen LogP contribution in [-0.2, 0) is 4.74 Å². The van der Waals surface area contributed by atoms with Crippen LogP contribution in [0.2, 0.25) is 0 Å². The van der Waals surface area contributed by atoms with Gasteiger partial charge in [0.05, 0.1) is 30.0 Å². The molecular weight excluding hydrogens is 282 g/mol. The zero-order chi connectivity index (χ0) is 15.1. The standard InChI is InChI=1S/C17H13NO4/c19-16-14-3-1-2-4-15(14)17(20)18(16)11-5-7-12(8-6-11)22-13-9-21-10-13/h1-8,13H,9-10H2. The lowest BCUT2D eigenvalue weighted by Crippen LogP contribution is -2.38. The molecule has 0 aliphatic carbocycles. The highest BCUT2D eigenvalue weighted by Crippen LogP contribution is 2.29. The smallest absolute Gasteiger partial charge is 0.266 e. The summed E-state index contributed by atoms with van der Waals surface area (Å²) in [6, 6.07) is 13.8. The monoisotopic (exact) mass is 295 g/mol. The molecule has 2 heterocycles. The Morgan fingerprint density at radius 3 is 2.00 bits per heavy atom. The quantitative estimate of drug-likeness (QED) is 0.815. The fourth-order valence-electron chi connectivity index (χ4n) is 2.57. The molecule has 2 amide bonds. The first-order chi connectivity index (χ1) is 10.7. The summed E-state index contributed by atoms with van der Waals surface area (Å²) in [7, 11) is 0. The van der Waals surface area contributed by atoms with Crippen LogP contribution in [0.15, 0.2) is 48.5 Å². The lowest BCUT2D eigenvalue weighted by molar-refractivity contribution is -0.0796. The van der Waals surface area contributed by atoms with Crippen LogP contribution in [0, 0.1) is 0 Å². The van der Waals surface area contributed by atoms with Gasteiger partial charge in [0.1, 0.15) is 11.9 Å². The van der Waals surface area contributed by atoms with Crippen LogP contribution in [0.25, 0.3) is 0 Å². The minimum Gasteiger partial charge on any atom is -0.486 e. The van der Waals surface area contributed by atoms with Gasteiger partial charge >= 0.3 is 0 Å². The normalized spacial score (nSPS) is 17.4. The first-order valence-corrected chi connectivity index (χ1v) is 7.06. The highest BCUT2D eigenvalue weighted by atomic mass is 16.6. The molecule has 1 fully saturated rings. The van der Waals surface area contributed by atoms with Crippen molar-refractivity contribution in [1.82, 2.24) is 0 Å². The van der Waals surface area contributed by atoms with Gasteiger partial charge in [-0.25, -0.2) is 4.90 Å². The topological polar surface area (TPSA) is 55.8 Å². The van der Waals surface area contributed by atoms with Crippen LogP contribution in [-0.4, -0.2) is 31.1 Å². The fourth-order valence-corrected chi connectivity index (χ4v) is 2.57. The third kappa shape index (κ3) is 1.98. The Morgan fingerprint density at radius 1 is 0.909 bits per heavy atom. The summed E-state index contributed by atoms with van der Waals surface area (Å²) in [5, 5.41) is 0. The number of anilines is 1. The SMILES string of the molecule is O=C1c2ccccc2C(=O)N1c1ccc(OC2COC2)cc1. The van der Waals surface area contributed by atoms with Crippen molar-refractivity contribution in [3.8, 4) is 5.75 Å². The largest absolute Gasteiger partial charge is 0.486 e. The van der Waals surface area contributed by atoms with E-state index in [0.717, 1.165) is 0 Å². The second kappa shape index (κ2) is 4.96. The molecule has 2 aromatic carbocycles. The van der Waals surface area contributed by atoms with E-state index in [9.17, 15) is 9.59 Å². The molecule has 22 heavy (non-hydrogen) atoms. The van der Waals surface area contributed by atoms with Gasteiger partial charge in [0.25, 0.3) is 11.8 Å². The Balaban J connectivity index is 1.60. The molecule has 2 aromatic rings. The van der Waals surface area contributed by atoms with Crippen molar-refractivity contribution in [3.63, 3.8) is 0 Å². The molecule has 5 nitrogen and oxygen atoms in total. The molecule has 0 radical (unpaired) electrons. The molecule has 1 saturated heterocycles. The number of hydrogen-bond donors (Lipinski definition) is 0. The summed E-state index contributed by atoms with van der Waals surface area (Å²) < 4.78 is 10.7. The fraction of sp³-hybridized carbons (Fsp3) is 0.176. The summed E-state index contributed by atoms with van der Waals surface area (Å²) in [5.74, 6) is 0.122.